The van der Waals surface area contributed by atoms with Crippen LogP contribution in [-0.4, -0.2) is 11.3 Å². The Morgan fingerprint density at radius 2 is 1.92 bits per heavy atom. The zero-order chi connectivity index (χ0) is 18.7. The minimum absolute atomic E-state index is 0.103. The molecule has 0 unspecified atom stereocenters. The number of benzene rings is 2. The van der Waals surface area contributed by atoms with Crippen LogP contribution in [0.2, 0.25) is 0 Å². The summed E-state index contributed by atoms with van der Waals surface area (Å²) >= 11 is 0. The molecule has 0 saturated heterocycles. The van der Waals surface area contributed by atoms with E-state index in [1.165, 1.54) is 24.8 Å². The molecule has 0 N–H and O–H groups in total. The highest BCUT2D eigenvalue weighted by Crippen LogP contribution is 2.37. The SMILES string of the molecule is Cc1cc(C=O)c(-c2ccc(C(F)(F)F)cc2)c(OCc2cocn2)c1. The lowest BCUT2D eigenvalue weighted by Crippen LogP contribution is -2.04. The maximum absolute atomic E-state index is 12.8. The number of alkyl halides is 3. The lowest BCUT2D eigenvalue weighted by atomic mass is 9.96. The van der Waals surface area contributed by atoms with E-state index in [0.717, 1.165) is 17.7 Å². The molecule has 0 saturated carbocycles. The fraction of sp³-hybridized carbons (Fsp3) is 0.158. The monoisotopic (exact) mass is 361 g/mol. The molecule has 0 aliphatic rings. The van der Waals surface area contributed by atoms with E-state index in [-0.39, 0.29) is 6.61 Å². The number of oxazole rings is 1. The van der Waals surface area contributed by atoms with Crippen LogP contribution < -0.4 is 4.74 Å². The molecule has 2 aromatic carbocycles. The van der Waals surface area contributed by atoms with Crippen LogP contribution in [0.3, 0.4) is 0 Å². The van der Waals surface area contributed by atoms with Gasteiger partial charge in [-0.1, -0.05) is 12.1 Å². The molecule has 0 aliphatic carbocycles. The van der Waals surface area contributed by atoms with Gasteiger partial charge in [0.1, 0.15) is 24.3 Å². The second-order valence-electron chi connectivity index (χ2n) is 5.69. The minimum atomic E-state index is -4.43. The number of hydrogen-bond donors (Lipinski definition) is 0. The minimum Gasteiger partial charge on any atom is -0.486 e. The van der Waals surface area contributed by atoms with Crippen LogP contribution in [0.4, 0.5) is 13.2 Å². The first-order chi connectivity index (χ1) is 12.4. The van der Waals surface area contributed by atoms with Gasteiger partial charge in [0.25, 0.3) is 0 Å². The number of carbonyl (C=O) groups is 1. The van der Waals surface area contributed by atoms with Crippen molar-refractivity contribution in [2.45, 2.75) is 19.7 Å². The zero-order valence-electron chi connectivity index (χ0n) is 13.7. The number of hydrogen-bond acceptors (Lipinski definition) is 4. The normalized spacial score (nSPS) is 11.4. The van der Waals surface area contributed by atoms with E-state index in [4.69, 9.17) is 9.15 Å². The summed E-state index contributed by atoms with van der Waals surface area (Å²) in [7, 11) is 0. The zero-order valence-corrected chi connectivity index (χ0v) is 13.7. The van der Waals surface area contributed by atoms with E-state index in [9.17, 15) is 18.0 Å². The van der Waals surface area contributed by atoms with Gasteiger partial charge in [-0.05, 0) is 42.3 Å². The molecule has 0 atom stereocenters. The molecule has 7 heteroatoms. The van der Waals surface area contributed by atoms with Crippen LogP contribution in [0, 0.1) is 6.92 Å². The smallest absolute Gasteiger partial charge is 0.416 e. The molecule has 0 radical (unpaired) electrons. The Hall–Kier alpha value is -3.09. The van der Waals surface area contributed by atoms with Gasteiger partial charge in [0.15, 0.2) is 12.7 Å². The molecule has 0 aliphatic heterocycles. The van der Waals surface area contributed by atoms with Crippen LogP contribution in [0.25, 0.3) is 11.1 Å². The largest absolute Gasteiger partial charge is 0.486 e. The fourth-order valence-electron chi connectivity index (χ4n) is 2.58. The molecular formula is C19H14F3NO3. The number of aromatic nitrogens is 1. The van der Waals surface area contributed by atoms with Crippen molar-refractivity contribution in [2.75, 3.05) is 0 Å². The number of halogens is 3. The van der Waals surface area contributed by atoms with Crippen LogP contribution in [0.1, 0.15) is 27.2 Å². The van der Waals surface area contributed by atoms with Crippen LogP contribution in [0.5, 0.6) is 5.75 Å². The number of rotatable bonds is 5. The molecule has 0 fully saturated rings. The Morgan fingerprint density at radius 3 is 2.50 bits per heavy atom. The summed E-state index contributed by atoms with van der Waals surface area (Å²) in [5.74, 6) is 0.384. The van der Waals surface area contributed by atoms with Gasteiger partial charge in [0.05, 0.1) is 5.56 Å². The first kappa shape index (κ1) is 17.7. The predicted molar refractivity (Wildman–Crippen MR) is 87.8 cm³/mol. The van der Waals surface area contributed by atoms with Gasteiger partial charge < -0.3 is 9.15 Å². The lowest BCUT2D eigenvalue weighted by Gasteiger charge is -2.15. The molecule has 0 amide bonds. The van der Waals surface area contributed by atoms with Crippen molar-refractivity contribution in [1.29, 1.82) is 0 Å². The third kappa shape index (κ3) is 3.77. The summed E-state index contributed by atoms with van der Waals surface area (Å²) in [6.45, 7) is 1.90. The molecule has 134 valence electrons. The second-order valence-corrected chi connectivity index (χ2v) is 5.69. The molecule has 3 aromatic rings. The van der Waals surface area contributed by atoms with Gasteiger partial charge in [0, 0.05) is 11.1 Å². The third-order valence-corrected chi connectivity index (χ3v) is 3.76. The molecule has 0 bridgehead atoms. The Morgan fingerprint density at radius 1 is 1.19 bits per heavy atom. The predicted octanol–water partition coefficient (Wildman–Crippen LogP) is 5.06. The second kappa shape index (κ2) is 7.03. The van der Waals surface area contributed by atoms with E-state index in [2.05, 4.69) is 4.98 Å². The summed E-state index contributed by atoms with van der Waals surface area (Å²) < 4.78 is 49.0. The summed E-state index contributed by atoms with van der Waals surface area (Å²) in [5.41, 5.74) is 1.81. The quantitative estimate of drug-likeness (QED) is 0.596. The number of aldehydes is 1. The maximum atomic E-state index is 12.8. The molecule has 3 rings (SSSR count). The van der Waals surface area contributed by atoms with Crippen molar-refractivity contribution in [1.82, 2.24) is 4.98 Å². The summed E-state index contributed by atoms with van der Waals surface area (Å²) in [6.07, 6.45) is -1.08. The van der Waals surface area contributed by atoms with Crippen LogP contribution in [0.15, 0.2) is 53.5 Å². The van der Waals surface area contributed by atoms with Crippen molar-refractivity contribution in [2.24, 2.45) is 0 Å². The number of aryl methyl sites for hydroxylation is 1. The Kier molecular flexibility index (Phi) is 4.79. The molecule has 0 spiro atoms. The van der Waals surface area contributed by atoms with Crippen molar-refractivity contribution >= 4 is 6.29 Å². The van der Waals surface area contributed by atoms with Crippen molar-refractivity contribution < 1.29 is 27.1 Å². The Bertz CT molecular complexity index is 901. The first-order valence-electron chi connectivity index (χ1n) is 7.66. The Balaban J connectivity index is 2.02. The fourth-order valence-corrected chi connectivity index (χ4v) is 2.58. The van der Waals surface area contributed by atoms with Gasteiger partial charge in [-0.25, -0.2) is 4.98 Å². The van der Waals surface area contributed by atoms with Gasteiger partial charge in [-0.2, -0.15) is 13.2 Å². The van der Waals surface area contributed by atoms with Gasteiger partial charge in [-0.15, -0.1) is 0 Å². The highest BCUT2D eigenvalue weighted by Gasteiger charge is 2.30. The van der Waals surface area contributed by atoms with E-state index in [0.29, 0.717) is 34.4 Å². The lowest BCUT2D eigenvalue weighted by molar-refractivity contribution is -0.137. The average molecular weight is 361 g/mol. The molecular weight excluding hydrogens is 347 g/mol. The highest BCUT2D eigenvalue weighted by atomic mass is 19.4. The van der Waals surface area contributed by atoms with Crippen LogP contribution in [-0.2, 0) is 12.8 Å². The van der Waals surface area contributed by atoms with E-state index < -0.39 is 11.7 Å². The summed E-state index contributed by atoms with van der Waals surface area (Å²) in [4.78, 5) is 15.5. The average Bonchev–Trinajstić information content (AvgIpc) is 3.12. The number of nitrogens with zero attached hydrogens (tertiary/aromatic N) is 1. The summed E-state index contributed by atoms with van der Waals surface area (Å²) in [6, 6.07) is 7.98. The standard InChI is InChI=1S/C19H14F3NO3/c1-12-6-14(8-24)18(13-2-4-15(5-3-13)19(20,21)22)17(7-12)26-10-16-9-25-11-23-16/h2-9,11H,10H2,1H3. The van der Waals surface area contributed by atoms with E-state index >= 15 is 0 Å². The Labute approximate surface area is 147 Å². The van der Waals surface area contributed by atoms with Crippen LogP contribution >= 0.6 is 0 Å². The first-order valence-corrected chi connectivity index (χ1v) is 7.66. The van der Waals surface area contributed by atoms with Crippen molar-refractivity contribution in [3.05, 3.63) is 71.4 Å². The third-order valence-electron chi connectivity index (χ3n) is 3.76. The number of ether oxygens (including phenoxy) is 1. The van der Waals surface area contributed by atoms with Gasteiger partial charge in [-0.3, -0.25) is 4.79 Å². The van der Waals surface area contributed by atoms with Crippen molar-refractivity contribution in [3.63, 3.8) is 0 Å². The molecule has 4 nitrogen and oxygen atoms in total. The van der Waals surface area contributed by atoms with Crippen molar-refractivity contribution in [3.8, 4) is 16.9 Å². The van der Waals surface area contributed by atoms with Gasteiger partial charge >= 0.3 is 6.18 Å². The topological polar surface area (TPSA) is 52.3 Å². The molecule has 26 heavy (non-hydrogen) atoms. The molecule has 1 heterocycles. The highest BCUT2D eigenvalue weighted by molar-refractivity contribution is 5.91. The summed E-state index contributed by atoms with van der Waals surface area (Å²) in [5, 5.41) is 0. The van der Waals surface area contributed by atoms with E-state index in [1.807, 2.05) is 0 Å². The number of carbonyl (C=O) groups excluding carboxylic acids is 1. The maximum Gasteiger partial charge on any atom is 0.416 e. The molecule has 1 aromatic heterocycles. The van der Waals surface area contributed by atoms with Gasteiger partial charge in [0.2, 0.25) is 0 Å². The van der Waals surface area contributed by atoms with E-state index in [1.54, 1.807) is 19.1 Å².